The van der Waals surface area contributed by atoms with Gasteiger partial charge in [-0.15, -0.1) is 11.8 Å². The third-order valence-corrected chi connectivity index (χ3v) is 9.52. The highest BCUT2D eigenvalue weighted by atomic mass is 35.5. The van der Waals surface area contributed by atoms with Gasteiger partial charge in [-0.1, -0.05) is 73.7 Å². The van der Waals surface area contributed by atoms with E-state index in [2.05, 4.69) is 0 Å². The van der Waals surface area contributed by atoms with Crippen LogP contribution in [0.2, 0.25) is 0 Å². The second-order valence-corrected chi connectivity index (χ2v) is 13.8. The molecule has 0 aliphatic carbocycles. The number of thioether (sulfide) groups is 1. The molecular weight excluding hydrogens is 708 g/mol. The molecule has 0 saturated heterocycles. The van der Waals surface area contributed by atoms with Crippen molar-refractivity contribution in [2.75, 3.05) is 6.61 Å². The molecule has 0 spiro atoms. The molecule has 0 bridgehead atoms. The van der Waals surface area contributed by atoms with Crippen molar-refractivity contribution in [3.8, 4) is 11.5 Å². The summed E-state index contributed by atoms with van der Waals surface area (Å²) < 4.78 is 48.4. The number of unbranched alkanes of at least 4 members (excludes halogenated alkanes) is 4. The van der Waals surface area contributed by atoms with Crippen LogP contribution in [0.25, 0.3) is 11.0 Å². The minimum absolute atomic E-state index is 0.0308. The van der Waals surface area contributed by atoms with Crippen LogP contribution < -0.4 is 10.2 Å². The Balaban J connectivity index is 1.57. The minimum Gasteiger partial charge on any atom is -0.507 e. The van der Waals surface area contributed by atoms with Gasteiger partial charge in [0.25, 0.3) is 0 Å². The largest absolute Gasteiger partial charge is 0.507 e. The zero-order chi connectivity index (χ0) is 36.4. The first-order valence-corrected chi connectivity index (χ1v) is 17.1. The molecule has 3 aromatic rings. The molecule has 0 fully saturated rings. The number of aromatic hydroxyl groups is 1. The van der Waals surface area contributed by atoms with Gasteiger partial charge in [0, 0.05) is 16.5 Å². The van der Waals surface area contributed by atoms with Crippen LogP contribution in [0.3, 0.4) is 0 Å². The van der Waals surface area contributed by atoms with Crippen molar-refractivity contribution in [3.63, 3.8) is 0 Å². The molecule has 8 nitrogen and oxygen atoms in total. The number of phenolic OH excluding ortho intramolecular Hbond substituents is 1. The molecule has 14 heteroatoms. The number of halogens is 5. The minimum atomic E-state index is -5.16. The molecule has 49 heavy (non-hydrogen) atoms. The van der Waals surface area contributed by atoms with Crippen LogP contribution in [0.4, 0.5) is 13.2 Å². The van der Waals surface area contributed by atoms with E-state index in [4.69, 9.17) is 32.4 Å². The van der Waals surface area contributed by atoms with E-state index in [9.17, 15) is 42.9 Å². The fourth-order valence-corrected chi connectivity index (χ4v) is 6.39. The number of aliphatic hydroxyl groups excluding tert-OH is 1. The van der Waals surface area contributed by atoms with E-state index in [-0.39, 0.29) is 33.0 Å². The van der Waals surface area contributed by atoms with Gasteiger partial charge in [0.15, 0.2) is 11.2 Å². The molecule has 2 aromatic carbocycles. The highest BCUT2D eigenvalue weighted by molar-refractivity contribution is 8.00. The summed E-state index contributed by atoms with van der Waals surface area (Å²) in [5, 5.41) is 29.1. The molecule has 3 N–H and O–H groups in total. The Morgan fingerprint density at radius 1 is 1.06 bits per heavy atom. The van der Waals surface area contributed by atoms with Crippen LogP contribution >= 0.6 is 35.0 Å². The van der Waals surface area contributed by atoms with Gasteiger partial charge in [-0.05, 0) is 62.9 Å². The van der Waals surface area contributed by atoms with Gasteiger partial charge in [0.05, 0.1) is 22.8 Å². The Labute approximate surface area is 295 Å². The molecule has 0 aliphatic rings. The lowest BCUT2D eigenvalue weighted by atomic mass is 10.0. The number of fused-ring (bicyclic) bond motifs is 1. The third kappa shape index (κ3) is 10.8. The number of ketones is 1. The monoisotopic (exact) mass is 744 g/mol. The number of aliphatic hydroxyl groups is 1. The lowest BCUT2D eigenvalue weighted by Gasteiger charge is -2.31. The Morgan fingerprint density at radius 3 is 2.43 bits per heavy atom. The fraction of sp³-hybridized carbons (Fsp3) is 0.400. The van der Waals surface area contributed by atoms with Crippen molar-refractivity contribution in [1.29, 1.82) is 0 Å². The number of alkyl halides is 5. The van der Waals surface area contributed by atoms with Crippen LogP contribution in [0, 0.1) is 0 Å². The van der Waals surface area contributed by atoms with Crippen molar-refractivity contribution in [3.05, 3.63) is 87.8 Å². The Kier molecular flexibility index (Phi) is 14.7. The average molecular weight is 746 g/mol. The summed E-state index contributed by atoms with van der Waals surface area (Å²) in [4.78, 5) is 35.6. The molecular formula is C35H37Cl2F3O8S. The van der Waals surface area contributed by atoms with Gasteiger partial charge in [-0.25, -0.2) is 4.79 Å². The molecule has 1 heterocycles. The summed E-state index contributed by atoms with van der Waals surface area (Å²) in [5.41, 5.74) is 0.196. The summed E-state index contributed by atoms with van der Waals surface area (Å²) in [6.07, 6.45) is 4.19. The number of aromatic carboxylic acids is 1. The summed E-state index contributed by atoms with van der Waals surface area (Å²) in [5.74, 6) is -1.75. The normalized spacial score (nSPS) is 13.7. The lowest BCUT2D eigenvalue weighted by Crippen LogP contribution is -2.49. The molecule has 0 aliphatic heterocycles. The number of Topliss-reactive ketones (excluding diaryl/α,β-unsaturated/α-hetero) is 1. The van der Waals surface area contributed by atoms with Crippen LogP contribution in [-0.2, 0) is 6.42 Å². The number of rotatable bonds is 18. The summed E-state index contributed by atoms with van der Waals surface area (Å²) >= 11 is 11.9. The number of benzene rings is 2. The van der Waals surface area contributed by atoms with Gasteiger partial charge >= 0.3 is 12.1 Å². The first kappa shape index (κ1) is 40.0. The number of carbonyl (C=O) groups excluding carboxylic acids is 1. The number of carboxylic acids is 1. The molecule has 1 aromatic heterocycles. The average Bonchev–Trinajstić information content (AvgIpc) is 3.03. The third-order valence-electron chi connectivity index (χ3n) is 7.43. The number of allylic oxidation sites excluding steroid dienone is 3. The molecule has 3 rings (SSSR count). The smallest absolute Gasteiger partial charge is 0.424 e. The fourth-order valence-electron chi connectivity index (χ4n) is 4.83. The van der Waals surface area contributed by atoms with Crippen LogP contribution in [0.5, 0.6) is 11.5 Å². The van der Waals surface area contributed by atoms with Crippen molar-refractivity contribution >= 4 is 57.7 Å². The molecule has 0 amide bonds. The van der Waals surface area contributed by atoms with Gasteiger partial charge in [-0.2, -0.15) is 13.2 Å². The van der Waals surface area contributed by atoms with Crippen molar-refractivity contribution < 1.29 is 47.2 Å². The van der Waals surface area contributed by atoms with E-state index in [0.717, 1.165) is 49.9 Å². The zero-order valence-corrected chi connectivity index (χ0v) is 29.1. The maximum atomic E-state index is 13.6. The summed E-state index contributed by atoms with van der Waals surface area (Å²) in [7, 11) is 0. The number of carboxylic acid groups (broad SMARTS) is 1. The Bertz CT molecular complexity index is 1740. The standard InChI is InChI=1S/C35H37Cl2F3O8S/c1-3-12-25-27(17-16-23(21(2)41)31(25)43)47-18-11-9-7-5-4-6-8-10-13-30(32(44)34(36,37)35(38,39)40)49-22-14-15-24-26(42)20-29(33(45)46)48-28(24)19-22/h6,8,10,13-17,19-20,30,32,43-44H,3-5,7,9,11-12,18H2,1-2H3,(H,45,46)/t30-,32+/m0/s1. The van der Waals surface area contributed by atoms with E-state index < -0.39 is 39.0 Å². The first-order chi connectivity index (χ1) is 23.1. The number of carbonyl (C=O) groups is 2. The molecule has 0 unspecified atom stereocenters. The quantitative estimate of drug-likeness (QED) is 0.0383. The Hall–Kier alpha value is -3.45. The van der Waals surface area contributed by atoms with Crippen LogP contribution in [0.1, 0.15) is 78.8 Å². The van der Waals surface area contributed by atoms with E-state index in [1.165, 1.54) is 37.3 Å². The van der Waals surface area contributed by atoms with Crippen molar-refractivity contribution in [1.82, 2.24) is 0 Å². The van der Waals surface area contributed by atoms with Crippen LogP contribution in [0.15, 0.2) is 74.8 Å². The van der Waals surface area contributed by atoms with Gasteiger partial charge < -0.3 is 24.5 Å². The van der Waals surface area contributed by atoms with E-state index in [1.54, 1.807) is 18.2 Å². The number of ether oxygens (including phenoxy) is 1. The predicted octanol–water partition coefficient (Wildman–Crippen LogP) is 9.05. The number of phenols is 1. The maximum absolute atomic E-state index is 13.6. The number of hydrogen-bond donors (Lipinski definition) is 3. The topological polar surface area (TPSA) is 134 Å². The predicted molar refractivity (Wildman–Crippen MR) is 185 cm³/mol. The highest BCUT2D eigenvalue weighted by Gasteiger charge is 2.59. The molecule has 0 saturated carbocycles. The SMILES string of the molecule is CCCc1c(OCCCCCCC=CC=C[C@H](Sc2ccc3c(=O)cc(C(=O)O)oc3c2)[C@@H](O)C(Cl)(Cl)C(F)(F)F)ccc(C(C)=O)c1O. The second-order valence-electron chi connectivity index (χ2n) is 11.2. The van der Waals surface area contributed by atoms with Gasteiger partial charge in [0.2, 0.25) is 10.1 Å². The summed E-state index contributed by atoms with van der Waals surface area (Å²) in [6.45, 7) is 3.82. The van der Waals surface area contributed by atoms with Crippen LogP contribution in [-0.4, -0.2) is 55.5 Å². The van der Waals surface area contributed by atoms with E-state index in [1.807, 2.05) is 13.0 Å². The van der Waals surface area contributed by atoms with E-state index in [0.29, 0.717) is 30.8 Å². The number of hydrogen-bond acceptors (Lipinski definition) is 8. The Morgan fingerprint density at radius 2 is 1.78 bits per heavy atom. The molecule has 266 valence electrons. The molecule has 0 radical (unpaired) electrons. The first-order valence-electron chi connectivity index (χ1n) is 15.5. The second kappa shape index (κ2) is 18.0. The lowest BCUT2D eigenvalue weighted by molar-refractivity contribution is -0.160. The van der Waals surface area contributed by atoms with Crippen molar-refractivity contribution in [2.24, 2.45) is 0 Å². The van der Waals surface area contributed by atoms with E-state index >= 15 is 0 Å². The van der Waals surface area contributed by atoms with Crippen molar-refractivity contribution in [2.45, 2.75) is 85.6 Å². The van der Waals surface area contributed by atoms with Gasteiger partial charge in [0.1, 0.15) is 23.2 Å². The molecule has 2 atom stereocenters. The summed E-state index contributed by atoms with van der Waals surface area (Å²) in [6, 6.07) is 8.15. The van der Waals surface area contributed by atoms with Gasteiger partial charge in [-0.3, -0.25) is 9.59 Å². The zero-order valence-electron chi connectivity index (χ0n) is 26.8. The highest BCUT2D eigenvalue weighted by Crippen LogP contribution is 2.46. The maximum Gasteiger partial charge on any atom is 0.424 e.